The van der Waals surface area contributed by atoms with E-state index < -0.39 is 10.8 Å². The molecule has 16 aromatic rings. The van der Waals surface area contributed by atoms with Crippen molar-refractivity contribution in [3.63, 3.8) is 0 Å². The molecule has 2 aliphatic rings. The van der Waals surface area contributed by atoms with Crippen molar-refractivity contribution in [1.29, 1.82) is 0 Å². The van der Waals surface area contributed by atoms with Crippen LogP contribution in [-0.4, -0.2) is 4.57 Å². The first-order chi connectivity index (χ1) is 48.4. The first-order valence-corrected chi connectivity index (χ1v) is 34.1. The van der Waals surface area contributed by atoms with Gasteiger partial charge in [-0.05, 0) is 192 Å². The van der Waals surface area contributed by atoms with E-state index in [0.717, 1.165) is 67.6 Å². The van der Waals surface area contributed by atoms with Crippen LogP contribution in [-0.2, 0) is 17.3 Å². The minimum Gasteiger partial charge on any atom is -0.309 e. The van der Waals surface area contributed by atoms with Crippen molar-refractivity contribution in [1.82, 2.24) is 4.57 Å². The van der Waals surface area contributed by atoms with Crippen LogP contribution in [0, 0.1) is 6.92 Å². The maximum absolute atomic E-state index is 4.93. The third kappa shape index (κ3) is 9.24. The molecule has 1 aromatic heterocycles. The summed E-state index contributed by atoms with van der Waals surface area (Å²) in [5, 5.41) is 7.12. The second-order valence-corrected chi connectivity index (χ2v) is 26.3. The average molecular weight is 1250 g/mol. The molecule has 1 heterocycles. The number of aromatic nitrogens is 1. The van der Waals surface area contributed by atoms with Gasteiger partial charge in [0.1, 0.15) is 0 Å². The number of rotatable bonds is 11. The predicted octanol–water partition coefficient (Wildman–Crippen LogP) is 24.8. The van der Waals surface area contributed by atoms with E-state index in [4.69, 9.17) is 6.58 Å². The highest BCUT2D eigenvalue weighted by atomic mass is 15.1. The van der Waals surface area contributed by atoms with Crippen LogP contribution in [0.1, 0.15) is 50.1 Å². The molecular formula is C96H68N2. The van der Waals surface area contributed by atoms with Crippen LogP contribution in [0.2, 0.25) is 0 Å². The third-order valence-corrected chi connectivity index (χ3v) is 21.0. The lowest BCUT2D eigenvalue weighted by molar-refractivity contribution is 0.738. The minimum absolute atomic E-state index is 0.532. The van der Waals surface area contributed by atoms with Crippen molar-refractivity contribution in [3.8, 4) is 50.2 Å². The first kappa shape index (κ1) is 58.2. The van der Waals surface area contributed by atoms with Crippen molar-refractivity contribution in [2.24, 2.45) is 0 Å². The lowest BCUT2D eigenvalue weighted by atomic mass is 9.63. The van der Waals surface area contributed by atoms with Gasteiger partial charge in [-0.25, -0.2) is 0 Å². The molecule has 462 valence electrons. The number of hydrogen-bond donors (Lipinski definition) is 0. The third-order valence-electron chi connectivity index (χ3n) is 21.0. The van der Waals surface area contributed by atoms with Gasteiger partial charge in [-0.15, -0.1) is 0 Å². The molecule has 2 nitrogen and oxygen atoms in total. The Kier molecular flexibility index (Phi) is 14.2. The van der Waals surface area contributed by atoms with E-state index in [2.05, 4.69) is 386 Å². The number of fused-ring (bicyclic) bond motifs is 9. The van der Waals surface area contributed by atoms with Crippen LogP contribution >= 0.6 is 0 Å². The van der Waals surface area contributed by atoms with Gasteiger partial charge in [0.25, 0.3) is 0 Å². The quantitative estimate of drug-likeness (QED) is 0.125. The van der Waals surface area contributed by atoms with E-state index in [0.29, 0.717) is 0 Å². The van der Waals surface area contributed by atoms with Gasteiger partial charge in [-0.2, -0.15) is 0 Å². The van der Waals surface area contributed by atoms with Crippen LogP contribution in [0.25, 0.3) is 93.5 Å². The molecule has 2 heteroatoms. The lowest BCUT2D eigenvalue weighted by Crippen LogP contribution is -2.32. The highest BCUT2D eigenvalue weighted by molar-refractivity contribution is 6.13. The van der Waals surface area contributed by atoms with Gasteiger partial charge in [-0.3, -0.25) is 0 Å². The van der Waals surface area contributed by atoms with E-state index in [1.807, 2.05) is 0 Å². The summed E-state index contributed by atoms with van der Waals surface area (Å²) in [6.07, 6.45) is 9.58. The maximum atomic E-state index is 4.93. The topological polar surface area (TPSA) is 8.17 Å². The number of anilines is 3. The van der Waals surface area contributed by atoms with Crippen molar-refractivity contribution < 1.29 is 0 Å². The molecule has 0 amide bonds. The van der Waals surface area contributed by atoms with Gasteiger partial charge in [0.05, 0.1) is 33.2 Å². The summed E-state index contributed by atoms with van der Waals surface area (Å²) >= 11 is 0. The number of benzene rings is 15. The number of allylic oxidation sites excluding steroid dienone is 5. The van der Waals surface area contributed by atoms with E-state index in [1.165, 1.54) is 105 Å². The summed E-state index contributed by atoms with van der Waals surface area (Å²) in [4.78, 5) is 2.51. The second kappa shape index (κ2) is 23.8. The summed E-state index contributed by atoms with van der Waals surface area (Å²) in [5.74, 6) is 0. The fourth-order valence-corrected chi connectivity index (χ4v) is 16.7. The smallest absolute Gasteiger partial charge is 0.0713 e. The van der Waals surface area contributed by atoms with Crippen LogP contribution < -0.4 is 4.90 Å². The molecule has 0 saturated carbocycles. The van der Waals surface area contributed by atoms with Crippen molar-refractivity contribution in [2.45, 2.75) is 24.2 Å². The molecule has 0 radical (unpaired) electrons. The summed E-state index contributed by atoms with van der Waals surface area (Å²) in [7, 11) is 0. The SMILES string of the molecule is C=C1/C=C\C=C/Cc2ccc(-c3ccc(N(c4ccc(-c5ccc6c(c5)c5cc(C)ccc5n6-c5ccccc5)cc4)c4ccc(-c5ccc6c(c5)C(c5ccccc5)(c5ccccc5)c5ccccc5-6)c5ccccc45)c4ccccc34)cc2C1(c1ccccc1)c1ccccc1. The molecule has 0 aliphatic heterocycles. The van der Waals surface area contributed by atoms with Crippen molar-refractivity contribution in [3.05, 3.63) is 432 Å². The summed E-state index contributed by atoms with van der Waals surface area (Å²) in [6.45, 7) is 7.12. The fourth-order valence-electron chi connectivity index (χ4n) is 16.7. The molecule has 0 N–H and O–H groups in total. The molecule has 18 rings (SSSR count). The summed E-state index contributed by atoms with van der Waals surface area (Å²) in [6, 6.07) is 129. The molecule has 0 unspecified atom stereocenters. The van der Waals surface area contributed by atoms with Gasteiger partial charge < -0.3 is 9.47 Å². The monoisotopic (exact) mass is 1250 g/mol. The van der Waals surface area contributed by atoms with Gasteiger partial charge >= 0.3 is 0 Å². The van der Waals surface area contributed by atoms with Crippen LogP contribution in [0.4, 0.5) is 17.1 Å². The number of para-hydroxylation sites is 1. The van der Waals surface area contributed by atoms with Gasteiger partial charge in [0, 0.05) is 32.9 Å². The fraction of sp³-hybridized carbons (Fsp3) is 0.0417. The molecule has 0 spiro atoms. The van der Waals surface area contributed by atoms with Crippen molar-refractivity contribution in [2.75, 3.05) is 4.90 Å². The Bertz CT molecular complexity index is 5760. The van der Waals surface area contributed by atoms with Crippen molar-refractivity contribution >= 4 is 60.4 Å². The van der Waals surface area contributed by atoms with Crippen LogP contribution in [0.3, 0.4) is 0 Å². The Balaban J connectivity index is 0.826. The molecule has 15 aromatic carbocycles. The standard InChI is InChI=1S/C96H68N2/c1-65-45-57-93-86(61-65)87-62-69(51-58-94(87)97(93)76-37-19-8-20-38-76)67-48-52-77(53-49-67)98(91-59-55-78(80-39-21-23-42-84(80)91)70-47-46-68-28-10-3-9-27-66(2)95(89(68)63-70,72-29-11-4-12-30-72)73-31-13-5-14-32-73)92-60-56-79(81-40-22-24-43-85(81)92)71-50-54-83-82-41-25-26-44-88(82)96(90(83)64-71,74-33-15-6-16-34-74)75-35-17-7-18-36-75/h3-27,29-64H,2,28H2,1H3/b10-3-,27-9-. The normalized spacial score (nSPS) is 14.3. The zero-order valence-electron chi connectivity index (χ0n) is 54.5. The summed E-state index contributed by atoms with van der Waals surface area (Å²) in [5.41, 5.74) is 27.3. The zero-order chi connectivity index (χ0) is 65.3. The molecule has 0 saturated heterocycles. The van der Waals surface area contributed by atoms with E-state index in [9.17, 15) is 0 Å². The number of hydrogen-bond acceptors (Lipinski definition) is 1. The van der Waals surface area contributed by atoms with E-state index in [1.54, 1.807) is 0 Å². The van der Waals surface area contributed by atoms with Gasteiger partial charge in [-0.1, -0.05) is 309 Å². The molecular weight excluding hydrogens is 1180 g/mol. The van der Waals surface area contributed by atoms with Gasteiger partial charge in [0.15, 0.2) is 0 Å². The first-order valence-electron chi connectivity index (χ1n) is 34.1. The Hall–Kier alpha value is -12.4. The molecule has 98 heavy (non-hydrogen) atoms. The molecule has 0 atom stereocenters. The summed E-state index contributed by atoms with van der Waals surface area (Å²) < 4.78 is 2.40. The second-order valence-electron chi connectivity index (χ2n) is 26.3. The average Bonchev–Trinajstić information content (AvgIpc) is 1.56. The maximum Gasteiger partial charge on any atom is 0.0713 e. The largest absolute Gasteiger partial charge is 0.309 e. The zero-order valence-corrected chi connectivity index (χ0v) is 54.5. The number of aryl methyl sites for hydroxylation is 1. The van der Waals surface area contributed by atoms with E-state index in [-0.39, 0.29) is 0 Å². The Labute approximate surface area is 573 Å². The Morgan fingerprint density at radius 2 is 0.786 bits per heavy atom. The molecule has 0 bridgehead atoms. The number of nitrogens with zero attached hydrogens (tertiary/aromatic N) is 2. The molecule has 2 aliphatic carbocycles. The van der Waals surface area contributed by atoms with Crippen LogP contribution in [0.15, 0.2) is 382 Å². The lowest BCUT2D eigenvalue weighted by Gasteiger charge is -2.38. The highest BCUT2D eigenvalue weighted by Crippen LogP contribution is 2.58. The minimum atomic E-state index is -0.675. The Morgan fingerprint density at radius 3 is 1.39 bits per heavy atom. The molecule has 0 fully saturated rings. The Morgan fingerprint density at radius 1 is 0.327 bits per heavy atom. The predicted molar refractivity (Wildman–Crippen MR) is 413 cm³/mol. The van der Waals surface area contributed by atoms with Gasteiger partial charge in [0.2, 0.25) is 0 Å². The van der Waals surface area contributed by atoms with E-state index >= 15 is 0 Å². The van der Waals surface area contributed by atoms with Crippen LogP contribution in [0.5, 0.6) is 0 Å². The highest BCUT2D eigenvalue weighted by Gasteiger charge is 2.46.